The molecule has 2 aromatic carbocycles. The van der Waals surface area contributed by atoms with Crippen molar-refractivity contribution in [2.24, 2.45) is 0 Å². The third-order valence-electron chi connectivity index (χ3n) is 3.74. The Balaban J connectivity index is 1.65. The largest absolute Gasteiger partial charge is 0.495 e. The molecule has 0 bridgehead atoms. The normalized spacial score (nSPS) is 10.5. The molecule has 0 spiro atoms. The van der Waals surface area contributed by atoms with Gasteiger partial charge in [0.05, 0.1) is 18.7 Å². The zero-order valence-corrected chi connectivity index (χ0v) is 14.6. The molecule has 0 aliphatic carbocycles. The lowest BCUT2D eigenvalue weighted by Crippen LogP contribution is -2.22. The molecule has 1 N–H and O–H groups in total. The highest BCUT2D eigenvalue weighted by Gasteiger charge is 2.11. The van der Waals surface area contributed by atoms with Crippen LogP contribution in [0.1, 0.15) is 21.7 Å². The Bertz CT molecular complexity index is 888. The van der Waals surface area contributed by atoms with Gasteiger partial charge in [0.15, 0.2) is 5.76 Å². The number of methoxy groups -OCH3 is 1. The third kappa shape index (κ3) is 4.00. The number of hydrogen-bond donors (Lipinski definition) is 1. The maximum absolute atomic E-state index is 12.2. The predicted molar refractivity (Wildman–Crippen MR) is 95.9 cm³/mol. The van der Waals surface area contributed by atoms with E-state index in [1.165, 1.54) is 12.7 Å². The Morgan fingerprint density at radius 2 is 1.96 bits per heavy atom. The topological polar surface area (TPSA) is 64.4 Å². The van der Waals surface area contributed by atoms with Crippen LogP contribution in [0, 0.1) is 6.92 Å². The highest BCUT2D eigenvalue weighted by atomic mass is 35.5. The van der Waals surface area contributed by atoms with Crippen LogP contribution in [0.5, 0.6) is 5.75 Å². The molecule has 128 valence electrons. The summed E-state index contributed by atoms with van der Waals surface area (Å²) in [5.74, 6) is 0.845. The fourth-order valence-corrected chi connectivity index (χ4v) is 2.59. The standard InChI is InChI=1S/C19H17ClN2O3/c1-12-3-5-13(6-4-12)17-10-15(25-22-17)11-21-19(23)14-7-8-18(24-2)16(20)9-14/h3-10H,11H2,1-2H3,(H,21,23). The van der Waals surface area contributed by atoms with Gasteiger partial charge in [-0.3, -0.25) is 4.79 Å². The molecule has 0 aliphatic rings. The Hall–Kier alpha value is -2.79. The molecule has 6 heteroatoms. The summed E-state index contributed by atoms with van der Waals surface area (Å²) >= 11 is 6.04. The van der Waals surface area contributed by atoms with Crippen LogP contribution in [0.4, 0.5) is 0 Å². The third-order valence-corrected chi connectivity index (χ3v) is 4.04. The molecule has 0 saturated heterocycles. The molecule has 1 heterocycles. The first kappa shape index (κ1) is 17.0. The number of ether oxygens (including phenoxy) is 1. The lowest BCUT2D eigenvalue weighted by molar-refractivity contribution is 0.0947. The van der Waals surface area contributed by atoms with Crippen molar-refractivity contribution < 1.29 is 14.1 Å². The number of rotatable bonds is 5. The van der Waals surface area contributed by atoms with Crippen LogP contribution in [0.15, 0.2) is 53.1 Å². The van der Waals surface area contributed by atoms with E-state index < -0.39 is 0 Å². The van der Waals surface area contributed by atoms with Gasteiger partial charge in [-0.1, -0.05) is 46.6 Å². The summed E-state index contributed by atoms with van der Waals surface area (Å²) in [7, 11) is 1.52. The van der Waals surface area contributed by atoms with E-state index in [-0.39, 0.29) is 12.5 Å². The van der Waals surface area contributed by atoms with E-state index in [0.717, 1.165) is 11.3 Å². The van der Waals surface area contributed by atoms with Gasteiger partial charge >= 0.3 is 0 Å². The number of hydrogen-bond acceptors (Lipinski definition) is 4. The van der Waals surface area contributed by atoms with E-state index in [1.54, 1.807) is 18.2 Å². The minimum absolute atomic E-state index is 0.237. The molecule has 1 aromatic heterocycles. The first-order valence-electron chi connectivity index (χ1n) is 7.71. The van der Waals surface area contributed by atoms with Gasteiger partial charge in [-0.15, -0.1) is 0 Å². The van der Waals surface area contributed by atoms with Crippen molar-refractivity contribution in [3.63, 3.8) is 0 Å². The minimum atomic E-state index is -0.252. The summed E-state index contributed by atoms with van der Waals surface area (Å²) < 4.78 is 10.4. The molecule has 3 aromatic rings. The van der Waals surface area contributed by atoms with Gasteiger partial charge in [-0.25, -0.2) is 0 Å². The number of nitrogens with zero attached hydrogens (tertiary/aromatic N) is 1. The Morgan fingerprint density at radius 3 is 2.64 bits per heavy atom. The van der Waals surface area contributed by atoms with Crippen molar-refractivity contribution in [1.82, 2.24) is 10.5 Å². The smallest absolute Gasteiger partial charge is 0.251 e. The second kappa shape index (κ2) is 7.40. The Morgan fingerprint density at radius 1 is 1.20 bits per heavy atom. The molecule has 0 saturated carbocycles. The maximum atomic E-state index is 12.2. The average molecular weight is 357 g/mol. The van der Waals surface area contributed by atoms with Gasteiger partial charge in [0.1, 0.15) is 11.4 Å². The summed E-state index contributed by atoms with van der Waals surface area (Å²) in [6.07, 6.45) is 0. The van der Waals surface area contributed by atoms with E-state index in [9.17, 15) is 4.79 Å². The SMILES string of the molecule is COc1ccc(C(=O)NCc2cc(-c3ccc(C)cc3)no2)cc1Cl. The molecular weight excluding hydrogens is 340 g/mol. The van der Waals surface area contributed by atoms with Crippen LogP contribution in [-0.4, -0.2) is 18.2 Å². The van der Waals surface area contributed by atoms with E-state index in [0.29, 0.717) is 22.1 Å². The molecule has 0 radical (unpaired) electrons. The first-order chi connectivity index (χ1) is 12.1. The quantitative estimate of drug-likeness (QED) is 0.742. The van der Waals surface area contributed by atoms with Crippen molar-refractivity contribution in [1.29, 1.82) is 0 Å². The van der Waals surface area contributed by atoms with Gasteiger partial charge in [-0.05, 0) is 25.1 Å². The van der Waals surface area contributed by atoms with E-state index in [2.05, 4.69) is 10.5 Å². The Kier molecular flexibility index (Phi) is 5.05. The summed E-state index contributed by atoms with van der Waals surface area (Å²) in [4.78, 5) is 12.2. The summed E-state index contributed by atoms with van der Waals surface area (Å²) in [6, 6.07) is 14.7. The van der Waals surface area contributed by atoms with Crippen LogP contribution < -0.4 is 10.1 Å². The average Bonchev–Trinajstić information content (AvgIpc) is 3.09. The van der Waals surface area contributed by atoms with Crippen LogP contribution in [0.25, 0.3) is 11.3 Å². The lowest BCUT2D eigenvalue weighted by atomic mass is 10.1. The second-order valence-corrected chi connectivity index (χ2v) is 5.98. The van der Waals surface area contributed by atoms with E-state index in [4.69, 9.17) is 20.9 Å². The zero-order valence-electron chi connectivity index (χ0n) is 13.9. The van der Waals surface area contributed by atoms with E-state index in [1.807, 2.05) is 37.3 Å². The number of nitrogens with one attached hydrogen (secondary N) is 1. The number of aromatic nitrogens is 1. The van der Waals surface area contributed by atoms with Gasteiger partial charge in [-0.2, -0.15) is 0 Å². The minimum Gasteiger partial charge on any atom is -0.495 e. The highest BCUT2D eigenvalue weighted by Crippen LogP contribution is 2.25. The van der Waals surface area contributed by atoms with Crippen molar-refractivity contribution >= 4 is 17.5 Å². The summed E-state index contributed by atoms with van der Waals surface area (Å²) in [5.41, 5.74) is 3.33. The summed E-state index contributed by atoms with van der Waals surface area (Å²) in [5, 5.41) is 7.21. The predicted octanol–water partition coefficient (Wildman–Crippen LogP) is 4.24. The first-order valence-corrected chi connectivity index (χ1v) is 8.09. The molecule has 5 nitrogen and oxygen atoms in total. The zero-order chi connectivity index (χ0) is 17.8. The van der Waals surface area contributed by atoms with Gasteiger partial charge in [0, 0.05) is 17.2 Å². The molecule has 0 atom stereocenters. The van der Waals surface area contributed by atoms with Crippen molar-refractivity contribution in [3.05, 3.63) is 70.4 Å². The fraction of sp³-hybridized carbons (Fsp3) is 0.158. The number of halogens is 1. The molecular formula is C19H17ClN2O3. The fourth-order valence-electron chi connectivity index (χ4n) is 2.33. The number of benzene rings is 2. The second-order valence-electron chi connectivity index (χ2n) is 5.58. The van der Waals surface area contributed by atoms with Gasteiger partial charge < -0.3 is 14.6 Å². The van der Waals surface area contributed by atoms with Gasteiger partial charge in [0.25, 0.3) is 5.91 Å². The van der Waals surface area contributed by atoms with Crippen molar-refractivity contribution in [3.8, 4) is 17.0 Å². The maximum Gasteiger partial charge on any atom is 0.251 e. The molecule has 3 rings (SSSR count). The molecule has 25 heavy (non-hydrogen) atoms. The molecule has 0 unspecified atom stereocenters. The number of carbonyl (C=O) groups is 1. The van der Waals surface area contributed by atoms with E-state index >= 15 is 0 Å². The number of amides is 1. The highest BCUT2D eigenvalue weighted by molar-refractivity contribution is 6.32. The van der Waals surface area contributed by atoms with Crippen LogP contribution >= 0.6 is 11.6 Å². The van der Waals surface area contributed by atoms with Crippen molar-refractivity contribution in [2.75, 3.05) is 7.11 Å². The monoisotopic (exact) mass is 356 g/mol. The van der Waals surface area contributed by atoms with Gasteiger partial charge in [0.2, 0.25) is 0 Å². The van der Waals surface area contributed by atoms with Crippen molar-refractivity contribution in [2.45, 2.75) is 13.5 Å². The van der Waals surface area contributed by atoms with Crippen LogP contribution in [-0.2, 0) is 6.54 Å². The number of carbonyl (C=O) groups excluding carboxylic acids is 1. The molecule has 1 amide bonds. The summed E-state index contributed by atoms with van der Waals surface area (Å²) in [6.45, 7) is 2.26. The lowest BCUT2D eigenvalue weighted by Gasteiger charge is -2.06. The molecule has 0 aliphatic heterocycles. The molecule has 0 fully saturated rings. The number of aryl methyl sites for hydroxylation is 1. The van der Waals surface area contributed by atoms with Crippen LogP contribution in [0.2, 0.25) is 5.02 Å². The Labute approximate surface area is 150 Å². The van der Waals surface area contributed by atoms with Crippen LogP contribution in [0.3, 0.4) is 0 Å².